The number of carbonyl (C=O) groups excluding carboxylic acids is 1. The van der Waals surface area contributed by atoms with Gasteiger partial charge in [-0.15, -0.1) is 0 Å². The van der Waals surface area contributed by atoms with Gasteiger partial charge in [-0.05, 0) is 6.92 Å². The highest BCUT2D eigenvalue weighted by Crippen LogP contribution is 2.44. The van der Waals surface area contributed by atoms with Gasteiger partial charge < -0.3 is 19.4 Å². The van der Waals surface area contributed by atoms with Crippen molar-refractivity contribution in [2.75, 3.05) is 11.9 Å². The lowest BCUT2D eigenvalue weighted by Gasteiger charge is -2.07. The van der Waals surface area contributed by atoms with Crippen molar-refractivity contribution in [3.8, 4) is 11.5 Å². The second-order valence-electron chi connectivity index (χ2n) is 3.94. The van der Waals surface area contributed by atoms with Crippen molar-refractivity contribution < 1.29 is 24.2 Å². The van der Waals surface area contributed by atoms with Gasteiger partial charge in [-0.2, -0.15) is 0 Å². The molecular weight excluding hydrogens is 282 g/mol. The summed E-state index contributed by atoms with van der Waals surface area (Å²) >= 11 is 5.17. The quantitative estimate of drug-likeness (QED) is 0.742. The van der Waals surface area contributed by atoms with E-state index in [0.29, 0.717) is 16.9 Å². The summed E-state index contributed by atoms with van der Waals surface area (Å²) < 4.78 is 9.93. The third kappa shape index (κ3) is 2.67. The minimum atomic E-state index is -0.789. The molecular formula is C13H13NO5S. The molecule has 1 aromatic rings. The standard InChI is InChI=1S/C13H13NO5S/c1-2-18-13(17)14-12-10(16)9(15)11(19-12)7-5-3-4-6-8(7)20/h3-5,15-16H,2,6H2,1H3,(H,14,17). The van der Waals surface area contributed by atoms with Crippen molar-refractivity contribution in [1.82, 2.24) is 0 Å². The van der Waals surface area contributed by atoms with Crippen LogP contribution in [0.1, 0.15) is 19.1 Å². The molecule has 1 aliphatic rings. The summed E-state index contributed by atoms with van der Waals surface area (Å²) in [5.41, 5.74) is 0.493. The number of amides is 1. The maximum atomic E-state index is 11.3. The third-order valence-electron chi connectivity index (χ3n) is 2.60. The van der Waals surface area contributed by atoms with Crippen LogP contribution in [-0.2, 0) is 4.74 Å². The van der Waals surface area contributed by atoms with Crippen molar-refractivity contribution in [1.29, 1.82) is 0 Å². The van der Waals surface area contributed by atoms with Crippen LogP contribution in [0.15, 0.2) is 22.6 Å². The number of thiocarbonyl (C=S) groups is 1. The van der Waals surface area contributed by atoms with Crippen LogP contribution < -0.4 is 5.32 Å². The highest BCUT2D eigenvalue weighted by atomic mass is 32.1. The largest absolute Gasteiger partial charge is 0.502 e. The van der Waals surface area contributed by atoms with Gasteiger partial charge in [0, 0.05) is 16.9 Å². The maximum Gasteiger partial charge on any atom is 0.414 e. The highest BCUT2D eigenvalue weighted by Gasteiger charge is 2.25. The van der Waals surface area contributed by atoms with Crippen molar-refractivity contribution in [3.63, 3.8) is 0 Å². The fourth-order valence-electron chi connectivity index (χ4n) is 1.69. The lowest BCUT2D eigenvalue weighted by atomic mass is 10.0. The van der Waals surface area contributed by atoms with Gasteiger partial charge >= 0.3 is 6.09 Å². The second-order valence-corrected chi connectivity index (χ2v) is 4.43. The summed E-state index contributed by atoms with van der Waals surface area (Å²) in [6.07, 6.45) is 5.05. The van der Waals surface area contributed by atoms with E-state index >= 15 is 0 Å². The van der Waals surface area contributed by atoms with Gasteiger partial charge in [0.2, 0.25) is 17.4 Å². The molecule has 0 atom stereocenters. The van der Waals surface area contributed by atoms with Crippen molar-refractivity contribution in [3.05, 3.63) is 24.0 Å². The van der Waals surface area contributed by atoms with E-state index in [1.165, 1.54) is 0 Å². The molecule has 0 saturated heterocycles. The number of ether oxygens (including phenoxy) is 1. The molecule has 0 aromatic carbocycles. The number of anilines is 1. The first-order chi connectivity index (χ1) is 9.54. The van der Waals surface area contributed by atoms with Crippen LogP contribution in [0.3, 0.4) is 0 Å². The number of furan rings is 1. The predicted molar refractivity (Wildman–Crippen MR) is 77.0 cm³/mol. The first-order valence-corrected chi connectivity index (χ1v) is 6.34. The van der Waals surface area contributed by atoms with Crippen LogP contribution >= 0.6 is 12.2 Å². The Morgan fingerprint density at radius 2 is 2.25 bits per heavy atom. The topological polar surface area (TPSA) is 91.9 Å². The van der Waals surface area contributed by atoms with Crippen LogP contribution in [0.5, 0.6) is 11.5 Å². The van der Waals surface area contributed by atoms with E-state index in [1.807, 2.05) is 6.08 Å². The van der Waals surface area contributed by atoms with Crippen molar-refractivity contribution in [2.24, 2.45) is 0 Å². The fourth-order valence-corrected chi connectivity index (χ4v) is 1.94. The van der Waals surface area contributed by atoms with E-state index < -0.39 is 17.6 Å². The fraction of sp³-hybridized carbons (Fsp3) is 0.231. The minimum absolute atomic E-state index is 0.0173. The Kier molecular flexibility index (Phi) is 4.09. The van der Waals surface area contributed by atoms with Gasteiger partial charge in [0.05, 0.1) is 6.61 Å². The Morgan fingerprint density at radius 1 is 1.50 bits per heavy atom. The van der Waals surface area contributed by atoms with E-state index in [-0.39, 0.29) is 18.3 Å². The Morgan fingerprint density at radius 3 is 2.90 bits per heavy atom. The zero-order valence-corrected chi connectivity index (χ0v) is 11.5. The van der Waals surface area contributed by atoms with Gasteiger partial charge in [-0.3, -0.25) is 5.32 Å². The number of rotatable bonds is 3. The average Bonchev–Trinajstić information content (AvgIpc) is 2.68. The van der Waals surface area contributed by atoms with Crippen LogP contribution in [0.2, 0.25) is 0 Å². The Bertz CT molecular complexity index is 615. The molecule has 0 saturated carbocycles. The predicted octanol–water partition coefficient (Wildman–Crippen LogP) is 2.97. The van der Waals surface area contributed by atoms with E-state index in [0.717, 1.165) is 0 Å². The zero-order chi connectivity index (χ0) is 14.7. The molecule has 1 amide bonds. The highest BCUT2D eigenvalue weighted by molar-refractivity contribution is 7.81. The number of allylic oxidation sites excluding steroid dienone is 4. The summed E-state index contributed by atoms with van der Waals surface area (Å²) in [7, 11) is 0. The molecule has 1 aromatic heterocycles. The minimum Gasteiger partial charge on any atom is -0.502 e. The SMILES string of the molecule is CCOC(=O)Nc1oc(C2=CC=CCC2=S)c(O)c1O. The summed E-state index contributed by atoms with van der Waals surface area (Å²) in [6.45, 7) is 1.81. The summed E-state index contributed by atoms with van der Waals surface area (Å²) in [5, 5.41) is 21.8. The summed E-state index contributed by atoms with van der Waals surface area (Å²) in [6, 6.07) is 0. The number of hydrogen-bond donors (Lipinski definition) is 3. The van der Waals surface area contributed by atoms with E-state index in [1.54, 1.807) is 19.1 Å². The zero-order valence-electron chi connectivity index (χ0n) is 10.7. The van der Waals surface area contributed by atoms with Gasteiger partial charge in [-0.1, -0.05) is 30.4 Å². The molecule has 0 radical (unpaired) electrons. The third-order valence-corrected chi connectivity index (χ3v) is 2.98. The number of carbonyl (C=O) groups is 1. The van der Waals surface area contributed by atoms with Crippen LogP contribution in [0.25, 0.3) is 5.57 Å². The molecule has 106 valence electrons. The summed E-state index contributed by atoms with van der Waals surface area (Å²) in [5.74, 6) is -1.30. The lowest BCUT2D eigenvalue weighted by Crippen LogP contribution is -2.12. The Labute approximate surface area is 120 Å². The molecule has 0 bridgehead atoms. The Balaban J connectivity index is 2.32. The van der Waals surface area contributed by atoms with Crippen LogP contribution in [0, 0.1) is 0 Å². The molecule has 2 rings (SSSR count). The average molecular weight is 295 g/mol. The smallest absolute Gasteiger partial charge is 0.414 e. The maximum absolute atomic E-state index is 11.3. The van der Waals surface area contributed by atoms with E-state index in [2.05, 4.69) is 10.1 Å². The molecule has 20 heavy (non-hydrogen) atoms. The van der Waals surface area contributed by atoms with Gasteiger partial charge in [0.25, 0.3) is 0 Å². The second kappa shape index (κ2) is 5.79. The van der Waals surface area contributed by atoms with Crippen LogP contribution in [-0.4, -0.2) is 27.8 Å². The van der Waals surface area contributed by atoms with Gasteiger partial charge in [0.15, 0.2) is 5.76 Å². The molecule has 0 unspecified atom stereocenters. The molecule has 3 N–H and O–H groups in total. The van der Waals surface area contributed by atoms with Gasteiger partial charge in [-0.25, -0.2) is 4.79 Å². The molecule has 6 nitrogen and oxygen atoms in total. The molecule has 1 aliphatic carbocycles. The van der Waals surface area contributed by atoms with E-state index in [9.17, 15) is 15.0 Å². The monoisotopic (exact) mass is 295 g/mol. The number of hydrogen-bond acceptors (Lipinski definition) is 6. The van der Waals surface area contributed by atoms with Crippen molar-refractivity contribution in [2.45, 2.75) is 13.3 Å². The lowest BCUT2D eigenvalue weighted by molar-refractivity contribution is 0.167. The molecule has 0 aliphatic heterocycles. The Hall–Kier alpha value is -2.28. The molecule has 0 fully saturated rings. The normalized spacial score (nSPS) is 14.1. The van der Waals surface area contributed by atoms with Gasteiger partial charge in [0.1, 0.15) is 0 Å². The first kappa shape index (κ1) is 14.1. The first-order valence-electron chi connectivity index (χ1n) is 5.93. The molecule has 0 spiro atoms. The van der Waals surface area contributed by atoms with Crippen molar-refractivity contribution >= 4 is 34.6 Å². The number of aromatic hydroxyl groups is 2. The van der Waals surface area contributed by atoms with E-state index in [4.69, 9.17) is 16.6 Å². The number of nitrogens with one attached hydrogen (secondary N) is 1. The van der Waals surface area contributed by atoms with Crippen LogP contribution in [0.4, 0.5) is 10.7 Å². The molecule has 1 heterocycles. The summed E-state index contributed by atoms with van der Waals surface area (Å²) in [4.78, 5) is 11.9. The molecule has 7 heteroatoms.